The maximum absolute atomic E-state index is 13.7. The zero-order valence-corrected chi connectivity index (χ0v) is 16.7. The number of morpholine rings is 1. The Hall–Kier alpha value is -2.44. The van der Waals surface area contributed by atoms with Crippen LogP contribution in [0.1, 0.15) is 24.8 Å². The summed E-state index contributed by atoms with van der Waals surface area (Å²) in [5.74, 6) is -1.01. The third kappa shape index (κ3) is 4.60. The molecule has 9 nitrogen and oxygen atoms in total. The van der Waals surface area contributed by atoms with Crippen LogP contribution < -0.4 is 21.1 Å². The number of hydrogen-bond acceptors (Lipinski definition) is 7. The van der Waals surface area contributed by atoms with Gasteiger partial charge in [-0.05, 0) is 24.6 Å². The van der Waals surface area contributed by atoms with Crippen LogP contribution in [0.2, 0.25) is 0 Å². The molecule has 1 aromatic carbocycles. The molecule has 31 heavy (non-hydrogen) atoms. The van der Waals surface area contributed by atoms with Crippen molar-refractivity contribution >= 4 is 17.3 Å². The van der Waals surface area contributed by atoms with Crippen molar-refractivity contribution in [2.45, 2.75) is 43.6 Å². The van der Waals surface area contributed by atoms with Gasteiger partial charge in [0.25, 0.3) is 0 Å². The Morgan fingerprint density at radius 1 is 1.23 bits per heavy atom. The molecule has 170 valence electrons. The van der Waals surface area contributed by atoms with Gasteiger partial charge < -0.3 is 15.0 Å². The average Bonchev–Trinajstić information content (AvgIpc) is 3.17. The molecule has 12 heteroatoms. The monoisotopic (exact) mass is 443 g/mol. The lowest BCUT2D eigenvalue weighted by Crippen LogP contribution is -2.44. The Balaban J connectivity index is 1.52. The van der Waals surface area contributed by atoms with Gasteiger partial charge >= 0.3 is 6.18 Å². The Morgan fingerprint density at radius 3 is 2.65 bits per heavy atom. The van der Waals surface area contributed by atoms with E-state index in [4.69, 9.17) is 4.74 Å². The van der Waals surface area contributed by atoms with Crippen LogP contribution in [0.5, 0.6) is 0 Å². The summed E-state index contributed by atoms with van der Waals surface area (Å²) >= 11 is 0. The molecular weight excluding hydrogens is 419 g/mol. The SMILES string of the molecule is O=C(Nc1ccc(N2CCOCC2)cc1C(F)(F)F)C1NNC2CCC([N+](=O)[O-])CC21. The summed E-state index contributed by atoms with van der Waals surface area (Å²) < 4.78 is 46.4. The predicted octanol–water partition coefficient (Wildman–Crippen LogP) is 1.77. The quantitative estimate of drug-likeness (QED) is 0.481. The molecule has 2 heterocycles. The molecule has 4 rings (SSSR count). The van der Waals surface area contributed by atoms with Crippen LogP contribution >= 0.6 is 0 Å². The molecule has 1 saturated carbocycles. The molecule has 0 spiro atoms. The van der Waals surface area contributed by atoms with Gasteiger partial charge in [-0.3, -0.25) is 20.3 Å². The number of benzene rings is 1. The molecule has 1 aromatic rings. The Bertz CT molecular complexity index is 846. The van der Waals surface area contributed by atoms with Crippen molar-refractivity contribution in [1.82, 2.24) is 10.9 Å². The number of ether oxygens (including phenoxy) is 1. The molecule has 3 aliphatic rings. The summed E-state index contributed by atoms with van der Waals surface area (Å²) in [6, 6.07) is 2.10. The highest BCUT2D eigenvalue weighted by Gasteiger charge is 2.47. The van der Waals surface area contributed by atoms with E-state index in [9.17, 15) is 28.1 Å². The van der Waals surface area contributed by atoms with E-state index in [1.807, 2.05) is 0 Å². The minimum absolute atomic E-state index is 0.127. The van der Waals surface area contributed by atoms with E-state index in [1.165, 1.54) is 6.07 Å². The zero-order chi connectivity index (χ0) is 22.2. The Labute approximate surface area is 176 Å². The number of amides is 1. The molecule has 3 fully saturated rings. The number of halogens is 3. The van der Waals surface area contributed by atoms with Crippen molar-refractivity contribution in [3.63, 3.8) is 0 Å². The van der Waals surface area contributed by atoms with Gasteiger partial charge in [0.2, 0.25) is 11.9 Å². The van der Waals surface area contributed by atoms with Crippen LogP contribution in [0.3, 0.4) is 0 Å². The van der Waals surface area contributed by atoms with Crippen molar-refractivity contribution in [1.29, 1.82) is 0 Å². The molecule has 1 aliphatic carbocycles. The van der Waals surface area contributed by atoms with E-state index in [1.54, 1.807) is 11.0 Å². The number of hydrogen-bond donors (Lipinski definition) is 3. The first kappa shape index (κ1) is 21.8. The summed E-state index contributed by atoms with van der Waals surface area (Å²) in [6.45, 7) is 1.85. The number of fused-ring (bicyclic) bond motifs is 1. The molecule has 4 unspecified atom stereocenters. The number of carbonyl (C=O) groups excluding carboxylic acids is 1. The van der Waals surface area contributed by atoms with Gasteiger partial charge in [-0.1, -0.05) is 0 Å². The first-order chi connectivity index (χ1) is 14.7. The van der Waals surface area contributed by atoms with E-state index >= 15 is 0 Å². The Morgan fingerprint density at radius 2 is 1.97 bits per heavy atom. The normalized spacial score (nSPS) is 28.8. The summed E-state index contributed by atoms with van der Waals surface area (Å²) in [6.07, 6.45) is -3.54. The summed E-state index contributed by atoms with van der Waals surface area (Å²) in [5.41, 5.74) is 4.92. The second kappa shape index (κ2) is 8.60. The lowest BCUT2D eigenvalue weighted by atomic mass is 9.79. The maximum Gasteiger partial charge on any atom is 0.418 e. The highest BCUT2D eigenvalue weighted by molar-refractivity contribution is 5.96. The van der Waals surface area contributed by atoms with Gasteiger partial charge in [0.15, 0.2) is 0 Å². The summed E-state index contributed by atoms with van der Waals surface area (Å²) in [4.78, 5) is 25.4. The molecule has 2 saturated heterocycles. The number of rotatable bonds is 4. The fourth-order valence-electron chi connectivity index (χ4n) is 4.59. The molecule has 0 radical (unpaired) electrons. The molecule has 1 amide bonds. The number of nitro groups is 1. The third-order valence-corrected chi connectivity index (χ3v) is 6.25. The van der Waals surface area contributed by atoms with Gasteiger partial charge in [-0.2, -0.15) is 13.2 Å². The molecule has 0 bridgehead atoms. The van der Waals surface area contributed by atoms with E-state index in [0.717, 1.165) is 6.07 Å². The fourth-order valence-corrected chi connectivity index (χ4v) is 4.59. The van der Waals surface area contributed by atoms with Gasteiger partial charge in [-0.25, -0.2) is 5.43 Å². The lowest BCUT2D eigenvalue weighted by molar-refractivity contribution is -0.528. The number of hydrazine groups is 1. The number of carbonyl (C=O) groups is 1. The van der Waals surface area contributed by atoms with Gasteiger partial charge in [0.05, 0.1) is 24.5 Å². The number of nitrogens with zero attached hydrogens (tertiary/aromatic N) is 2. The number of alkyl halides is 3. The molecule has 4 atom stereocenters. The van der Waals surface area contributed by atoms with Crippen LogP contribution in [-0.4, -0.2) is 55.3 Å². The first-order valence-corrected chi connectivity index (χ1v) is 10.2. The van der Waals surface area contributed by atoms with Crippen molar-refractivity contribution in [3.05, 3.63) is 33.9 Å². The second-order valence-corrected chi connectivity index (χ2v) is 8.11. The van der Waals surface area contributed by atoms with E-state index < -0.39 is 29.7 Å². The van der Waals surface area contributed by atoms with Gasteiger partial charge in [0, 0.05) is 48.5 Å². The van der Waals surface area contributed by atoms with E-state index in [2.05, 4.69) is 16.2 Å². The van der Waals surface area contributed by atoms with Crippen LogP contribution in [0.25, 0.3) is 0 Å². The molecule has 3 N–H and O–H groups in total. The van der Waals surface area contributed by atoms with Gasteiger partial charge in [-0.15, -0.1) is 0 Å². The molecule has 2 aliphatic heterocycles. The van der Waals surface area contributed by atoms with Crippen LogP contribution in [0.4, 0.5) is 24.5 Å². The van der Waals surface area contributed by atoms with Crippen LogP contribution in [0, 0.1) is 16.0 Å². The topological polar surface area (TPSA) is 109 Å². The molecular formula is C19H24F3N5O4. The van der Waals surface area contributed by atoms with Crippen LogP contribution in [0.15, 0.2) is 18.2 Å². The number of nitrogens with one attached hydrogen (secondary N) is 3. The smallest absolute Gasteiger partial charge is 0.378 e. The van der Waals surface area contributed by atoms with Crippen molar-refractivity contribution in [2.24, 2.45) is 5.92 Å². The van der Waals surface area contributed by atoms with Crippen LogP contribution in [-0.2, 0) is 15.7 Å². The summed E-state index contributed by atoms with van der Waals surface area (Å²) in [5, 5.41) is 13.5. The van der Waals surface area contributed by atoms with Gasteiger partial charge in [0.1, 0.15) is 6.04 Å². The van der Waals surface area contributed by atoms with E-state index in [-0.39, 0.29) is 29.0 Å². The standard InChI is InChI=1S/C19H24F3N5O4/c20-19(21,22)14-10-11(26-5-7-31-8-6-26)1-4-16(14)23-18(28)17-13-9-12(27(29)30)2-3-15(13)24-25-17/h1,4,10,12-13,15,17,24-25H,2-3,5-9H2,(H,23,28). The van der Waals surface area contributed by atoms with E-state index in [0.29, 0.717) is 44.8 Å². The first-order valence-electron chi connectivity index (χ1n) is 10.2. The van der Waals surface area contributed by atoms with Crippen molar-refractivity contribution in [2.75, 3.05) is 36.5 Å². The fraction of sp³-hybridized carbons (Fsp3) is 0.632. The maximum atomic E-state index is 13.7. The number of anilines is 2. The Kier molecular flexibility index (Phi) is 6.04. The summed E-state index contributed by atoms with van der Waals surface area (Å²) in [7, 11) is 0. The predicted molar refractivity (Wildman–Crippen MR) is 105 cm³/mol. The highest BCUT2D eigenvalue weighted by Crippen LogP contribution is 2.38. The lowest BCUT2D eigenvalue weighted by Gasteiger charge is -2.30. The highest BCUT2D eigenvalue weighted by atomic mass is 19.4. The average molecular weight is 443 g/mol. The van der Waals surface area contributed by atoms with Crippen molar-refractivity contribution < 1.29 is 27.6 Å². The minimum Gasteiger partial charge on any atom is -0.378 e. The van der Waals surface area contributed by atoms with Crippen molar-refractivity contribution in [3.8, 4) is 0 Å². The second-order valence-electron chi connectivity index (χ2n) is 8.11. The molecule has 0 aromatic heterocycles. The third-order valence-electron chi connectivity index (χ3n) is 6.25. The minimum atomic E-state index is -4.66. The largest absolute Gasteiger partial charge is 0.418 e. The zero-order valence-electron chi connectivity index (χ0n) is 16.7.